The van der Waals surface area contributed by atoms with Crippen LogP contribution in [0.1, 0.15) is 12.8 Å². The summed E-state index contributed by atoms with van der Waals surface area (Å²) in [5.41, 5.74) is 0.995. The predicted octanol–water partition coefficient (Wildman–Crippen LogP) is 0.463. The van der Waals surface area contributed by atoms with Crippen molar-refractivity contribution in [2.45, 2.75) is 12.8 Å². The summed E-state index contributed by atoms with van der Waals surface area (Å²) in [5, 5.41) is 8.47. The number of aromatic amines is 2. The quantitative estimate of drug-likeness (QED) is 0.615. The molecule has 108 valence electrons. The number of carbonyl (C=O) groups is 1. The Morgan fingerprint density at radius 1 is 1.25 bits per heavy atom. The Morgan fingerprint density at radius 2 is 1.95 bits per heavy atom. The van der Waals surface area contributed by atoms with E-state index < -0.39 is 16.0 Å². The molecular formula is C11H13N3O5S. The number of nitrogens with one attached hydrogen (secondary N) is 3. The fraction of sp³-hybridized carbons (Fsp3) is 0.273. The molecule has 0 radical (unpaired) electrons. The number of fused-ring (bicyclic) bond motifs is 1. The van der Waals surface area contributed by atoms with E-state index in [0.717, 1.165) is 0 Å². The van der Waals surface area contributed by atoms with Crippen LogP contribution in [0.5, 0.6) is 0 Å². The van der Waals surface area contributed by atoms with E-state index in [1.165, 1.54) is 12.1 Å². The van der Waals surface area contributed by atoms with Crippen LogP contribution in [0, 0.1) is 0 Å². The largest absolute Gasteiger partial charge is 0.481 e. The molecule has 0 fully saturated rings. The van der Waals surface area contributed by atoms with Gasteiger partial charge in [-0.1, -0.05) is 0 Å². The molecule has 4 N–H and O–H groups in total. The molecule has 0 spiro atoms. The second kappa shape index (κ2) is 5.37. The van der Waals surface area contributed by atoms with Gasteiger partial charge in [-0.3, -0.25) is 9.52 Å². The number of benzene rings is 1. The molecule has 0 saturated heterocycles. The van der Waals surface area contributed by atoms with Gasteiger partial charge in [0.15, 0.2) is 0 Å². The first-order valence-electron chi connectivity index (χ1n) is 5.80. The number of carboxylic acids is 1. The number of carboxylic acid groups (broad SMARTS) is 1. The van der Waals surface area contributed by atoms with Gasteiger partial charge in [-0.25, -0.2) is 13.2 Å². The Labute approximate surface area is 113 Å². The molecule has 9 heteroatoms. The highest BCUT2D eigenvalue weighted by molar-refractivity contribution is 7.92. The Morgan fingerprint density at radius 3 is 2.65 bits per heavy atom. The van der Waals surface area contributed by atoms with Crippen LogP contribution < -0.4 is 10.4 Å². The molecule has 1 aromatic heterocycles. The number of hydrogen-bond donors (Lipinski definition) is 4. The lowest BCUT2D eigenvalue weighted by molar-refractivity contribution is -0.137. The van der Waals surface area contributed by atoms with Crippen LogP contribution in [0.3, 0.4) is 0 Å². The third kappa shape index (κ3) is 3.60. The minimum absolute atomic E-state index is 0.0356. The van der Waals surface area contributed by atoms with Gasteiger partial charge in [0.05, 0.1) is 22.5 Å². The van der Waals surface area contributed by atoms with Crippen molar-refractivity contribution in [1.82, 2.24) is 9.97 Å². The molecule has 1 aromatic carbocycles. The van der Waals surface area contributed by atoms with E-state index in [2.05, 4.69) is 14.7 Å². The van der Waals surface area contributed by atoms with Crippen molar-refractivity contribution in [1.29, 1.82) is 0 Å². The highest BCUT2D eigenvalue weighted by Crippen LogP contribution is 2.16. The lowest BCUT2D eigenvalue weighted by Crippen LogP contribution is -2.17. The molecule has 8 nitrogen and oxygen atoms in total. The summed E-state index contributed by atoms with van der Waals surface area (Å²) in [6.07, 6.45) is -0.168. The number of anilines is 1. The van der Waals surface area contributed by atoms with Gasteiger partial charge in [0.2, 0.25) is 10.0 Å². The van der Waals surface area contributed by atoms with E-state index in [0.29, 0.717) is 16.7 Å². The molecule has 0 amide bonds. The molecule has 0 aliphatic heterocycles. The molecule has 1 heterocycles. The first kappa shape index (κ1) is 14.1. The molecule has 0 aliphatic carbocycles. The average Bonchev–Trinajstić information content (AvgIpc) is 2.66. The van der Waals surface area contributed by atoms with E-state index in [4.69, 9.17) is 5.11 Å². The summed E-state index contributed by atoms with van der Waals surface area (Å²) < 4.78 is 25.8. The predicted molar refractivity (Wildman–Crippen MR) is 73.2 cm³/mol. The van der Waals surface area contributed by atoms with Gasteiger partial charge in [-0.15, -0.1) is 0 Å². The van der Waals surface area contributed by atoms with E-state index in [1.54, 1.807) is 6.07 Å². The first-order chi connectivity index (χ1) is 9.35. The van der Waals surface area contributed by atoms with Crippen LogP contribution in [0.4, 0.5) is 5.69 Å². The number of H-pyrrole nitrogens is 2. The second-order valence-corrected chi connectivity index (χ2v) is 6.10. The highest BCUT2D eigenvalue weighted by atomic mass is 32.2. The lowest BCUT2D eigenvalue weighted by Gasteiger charge is -2.07. The molecule has 0 aliphatic rings. The molecule has 20 heavy (non-hydrogen) atoms. The van der Waals surface area contributed by atoms with Crippen molar-refractivity contribution < 1.29 is 18.3 Å². The van der Waals surface area contributed by atoms with Gasteiger partial charge in [-0.05, 0) is 24.6 Å². The Kier molecular flexibility index (Phi) is 3.79. The van der Waals surface area contributed by atoms with Crippen molar-refractivity contribution >= 4 is 32.7 Å². The fourth-order valence-corrected chi connectivity index (χ4v) is 2.85. The Hall–Kier alpha value is -2.29. The third-order valence-corrected chi connectivity index (χ3v) is 3.97. The van der Waals surface area contributed by atoms with Gasteiger partial charge in [0.1, 0.15) is 0 Å². The maximum atomic E-state index is 11.7. The van der Waals surface area contributed by atoms with Gasteiger partial charge in [-0.2, -0.15) is 0 Å². The molecule has 0 saturated carbocycles. The zero-order valence-electron chi connectivity index (χ0n) is 10.3. The van der Waals surface area contributed by atoms with Gasteiger partial charge in [0, 0.05) is 6.42 Å². The molecular weight excluding hydrogens is 286 g/mol. The van der Waals surface area contributed by atoms with Crippen molar-refractivity contribution in [2.75, 3.05) is 10.5 Å². The lowest BCUT2D eigenvalue weighted by atomic mass is 10.3. The molecule has 2 aromatic rings. The number of rotatable bonds is 6. The van der Waals surface area contributed by atoms with E-state index in [1.807, 2.05) is 0 Å². The second-order valence-electron chi connectivity index (χ2n) is 4.26. The molecule has 0 atom stereocenters. The van der Waals surface area contributed by atoms with Crippen LogP contribution in [0.15, 0.2) is 23.0 Å². The molecule has 0 unspecified atom stereocenters. The standard InChI is InChI=1S/C11H13N3O5S/c15-10(16)2-1-5-20(18,19)14-7-3-4-8-9(6-7)13-11(17)12-8/h3-4,6,14H,1-2,5H2,(H,15,16)(H2,12,13,17). The number of hydrogen-bond acceptors (Lipinski definition) is 4. The normalized spacial score (nSPS) is 11.6. The number of aromatic nitrogens is 2. The van der Waals surface area contributed by atoms with Crippen LogP contribution in [-0.4, -0.2) is 35.2 Å². The van der Waals surface area contributed by atoms with E-state index >= 15 is 0 Å². The van der Waals surface area contributed by atoms with Crippen LogP contribution in [0.2, 0.25) is 0 Å². The number of sulfonamides is 1. The van der Waals surface area contributed by atoms with Crippen LogP contribution >= 0.6 is 0 Å². The zero-order chi connectivity index (χ0) is 14.8. The van der Waals surface area contributed by atoms with Gasteiger partial charge in [0.25, 0.3) is 0 Å². The van der Waals surface area contributed by atoms with E-state index in [-0.39, 0.29) is 24.3 Å². The number of aliphatic carboxylic acids is 1. The topological polar surface area (TPSA) is 132 Å². The summed E-state index contributed by atoms with van der Waals surface area (Å²) in [6, 6.07) is 4.57. The zero-order valence-corrected chi connectivity index (χ0v) is 11.2. The molecule has 2 rings (SSSR count). The summed E-state index contributed by atoms with van der Waals surface area (Å²) in [7, 11) is -3.61. The smallest absolute Gasteiger partial charge is 0.323 e. The van der Waals surface area contributed by atoms with E-state index in [9.17, 15) is 18.0 Å². The average molecular weight is 299 g/mol. The Balaban J connectivity index is 2.10. The van der Waals surface area contributed by atoms with Crippen molar-refractivity contribution in [2.24, 2.45) is 0 Å². The van der Waals surface area contributed by atoms with Crippen LogP contribution in [0.25, 0.3) is 11.0 Å². The van der Waals surface area contributed by atoms with Crippen molar-refractivity contribution in [3.63, 3.8) is 0 Å². The highest BCUT2D eigenvalue weighted by Gasteiger charge is 2.12. The summed E-state index contributed by atoms with van der Waals surface area (Å²) in [4.78, 5) is 26.5. The minimum Gasteiger partial charge on any atom is -0.481 e. The van der Waals surface area contributed by atoms with Crippen molar-refractivity contribution in [3.8, 4) is 0 Å². The fourth-order valence-electron chi connectivity index (χ4n) is 1.74. The summed E-state index contributed by atoms with van der Waals surface area (Å²) in [5.74, 6) is -1.31. The SMILES string of the molecule is O=C(O)CCCS(=O)(=O)Nc1ccc2[nH]c(=O)[nH]c2c1. The minimum atomic E-state index is -3.61. The van der Waals surface area contributed by atoms with Gasteiger partial charge < -0.3 is 15.1 Å². The third-order valence-electron chi connectivity index (χ3n) is 2.59. The maximum Gasteiger partial charge on any atom is 0.323 e. The summed E-state index contributed by atoms with van der Waals surface area (Å²) in [6.45, 7) is 0. The first-order valence-corrected chi connectivity index (χ1v) is 7.45. The van der Waals surface area contributed by atoms with Gasteiger partial charge >= 0.3 is 11.7 Å². The maximum absolute atomic E-state index is 11.7. The number of imidazole rings is 1. The van der Waals surface area contributed by atoms with Crippen LogP contribution in [-0.2, 0) is 14.8 Å². The van der Waals surface area contributed by atoms with Crippen molar-refractivity contribution in [3.05, 3.63) is 28.7 Å². The molecule has 0 bridgehead atoms. The summed E-state index contributed by atoms with van der Waals surface area (Å²) >= 11 is 0. The monoisotopic (exact) mass is 299 g/mol. The Bertz CT molecular complexity index is 790.